The number of fused-ring (bicyclic) bond motifs is 1. The van der Waals surface area contributed by atoms with Crippen LogP contribution in [0, 0.1) is 5.82 Å². The molecule has 0 amide bonds. The number of halogens is 1. The largest absolute Gasteiger partial charge is 0.497 e. The lowest BCUT2D eigenvalue weighted by molar-refractivity contribution is 0.414. The fourth-order valence-electron chi connectivity index (χ4n) is 2.94. The number of aromatic nitrogens is 2. The smallest absolute Gasteiger partial charge is 0.266 e. The van der Waals surface area contributed by atoms with Crippen LogP contribution < -0.4 is 10.3 Å². The molecule has 1 aromatic heterocycles. The van der Waals surface area contributed by atoms with Crippen molar-refractivity contribution in [3.8, 4) is 11.4 Å². The highest BCUT2D eigenvalue weighted by atomic mass is 32.2. The van der Waals surface area contributed by atoms with Crippen molar-refractivity contribution in [2.75, 3.05) is 7.11 Å². The Morgan fingerprint density at radius 2 is 1.82 bits per heavy atom. The SMILES string of the molecule is COc1cccc(CSc2nc3ccccc3c(=O)n2-c2ccc(F)cc2)c1. The van der Waals surface area contributed by atoms with Gasteiger partial charge in [-0.2, -0.15) is 0 Å². The normalized spacial score (nSPS) is 10.9. The minimum absolute atomic E-state index is 0.176. The predicted molar refractivity (Wildman–Crippen MR) is 110 cm³/mol. The third-order valence-corrected chi connectivity index (χ3v) is 5.34. The first-order valence-electron chi connectivity index (χ1n) is 8.69. The van der Waals surface area contributed by atoms with Crippen LogP contribution in [-0.4, -0.2) is 16.7 Å². The van der Waals surface area contributed by atoms with Crippen molar-refractivity contribution in [1.29, 1.82) is 0 Å². The van der Waals surface area contributed by atoms with E-state index in [0.717, 1.165) is 11.3 Å². The number of hydrogen-bond donors (Lipinski definition) is 0. The lowest BCUT2D eigenvalue weighted by atomic mass is 10.2. The number of thioether (sulfide) groups is 1. The lowest BCUT2D eigenvalue weighted by Crippen LogP contribution is -2.21. The van der Waals surface area contributed by atoms with Crippen LogP contribution in [0.1, 0.15) is 5.56 Å². The third-order valence-electron chi connectivity index (χ3n) is 4.33. The molecule has 6 heteroatoms. The van der Waals surface area contributed by atoms with Gasteiger partial charge in [0, 0.05) is 5.75 Å². The zero-order valence-corrected chi connectivity index (χ0v) is 15.9. The third kappa shape index (κ3) is 3.64. The predicted octanol–water partition coefficient (Wildman–Crippen LogP) is 4.83. The van der Waals surface area contributed by atoms with Crippen molar-refractivity contribution in [3.63, 3.8) is 0 Å². The summed E-state index contributed by atoms with van der Waals surface area (Å²) in [7, 11) is 1.63. The van der Waals surface area contributed by atoms with Crippen LogP contribution in [0.2, 0.25) is 0 Å². The number of hydrogen-bond acceptors (Lipinski definition) is 4. The average Bonchev–Trinajstić information content (AvgIpc) is 2.73. The van der Waals surface area contributed by atoms with Crippen LogP contribution in [0.25, 0.3) is 16.6 Å². The summed E-state index contributed by atoms with van der Waals surface area (Å²) in [6.07, 6.45) is 0. The van der Waals surface area contributed by atoms with Crippen molar-refractivity contribution in [2.24, 2.45) is 0 Å². The van der Waals surface area contributed by atoms with Crippen LogP contribution >= 0.6 is 11.8 Å². The molecule has 0 spiro atoms. The first kappa shape index (κ1) is 18.3. The first-order chi connectivity index (χ1) is 13.7. The summed E-state index contributed by atoms with van der Waals surface area (Å²) >= 11 is 1.45. The molecule has 0 N–H and O–H groups in total. The Morgan fingerprint density at radius 3 is 2.61 bits per heavy atom. The van der Waals surface area contributed by atoms with Crippen LogP contribution in [-0.2, 0) is 5.75 Å². The van der Waals surface area contributed by atoms with Crippen LogP contribution in [0.15, 0.2) is 82.7 Å². The zero-order chi connectivity index (χ0) is 19.5. The fourth-order valence-corrected chi connectivity index (χ4v) is 3.89. The van der Waals surface area contributed by atoms with E-state index >= 15 is 0 Å². The second-order valence-corrected chi connectivity index (χ2v) is 7.11. The molecule has 28 heavy (non-hydrogen) atoms. The van der Waals surface area contributed by atoms with E-state index in [0.29, 0.717) is 27.5 Å². The van der Waals surface area contributed by atoms with E-state index < -0.39 is 0 Å². The van der Waals surface area contributed by atoms with E-state index in [-0.39, 0.29) is 11.4 Å². The van der Waals surface area contributed by atoms with E-state index in [1.807, 2.05) is 42.5 Å². The van der Waals surface area contributed by atoms with Gasteiger partial charge < -0.3 is 4.74 Å². The number of rotatable bonds is 5. The molecule has 3 aromatic carbocycles. The molecule has 1 heterocycles. The Hall–Kier alpha value is -3.12. The molecule has 4 rings (SSSR count). The maximum absolute atomic E-state index is 13.4. The Balaban J connectivity index is 1.80. The molecule has 0 aliphatic carbocycles. The molecule has 0 radical (unpaired) electrons. The lowest BCUT2D eigenvalue weighted by Gasteiger charge is -2.13. The Bertz CT molecular complexity index is 1190. The molecular weight excluding hydrogens is 375 g/mol. The average molecular weight is 392 g/mol. The highest BCUT2D eigenvalue weighted by Crippen LogP contribution is 2.26. The van der Waals surface area contributed by atoms with Gasteiger partial charge in [0.2, 0.25) is 0 Å². The van der Waals surface area contributed by atoms with Gasteiger partial charge in [-0.3, -0.25) is 9.36 Å². The van der Waals surface area contributed by atoms with Gasteiger partial charge in [-0.1, -0.05) is 36.0 Å². The second kappa shape index (κ2) is 7.86. The summed E-state index contributed by atoms with van der Waals surface area (Å²) in [6, 6.07) is 20.9. The second-order valence-electron chi connectivity index (χ2n) is 6.17. The molecule has 0 saturated heterocycles. The van der Waals surface area contributed by atoms with Crippen molar-refractivity contribution in [2.45, 2.75) is 10.9 Å². The van der Waals surface area contributed by atoms with Gasteiger partial charge in [0.15, 0.2) is 5.16 Å². The number of benzene rings is 3. The van der Waals surface area contributed by atoms with Crippen LogP contribution in [0.5, 0.6) is 5.75 Å². The van der Waals surface area contributed by atoms with Gasteiger partial charge in [0.1, 0.15) is 11.6 Å². The Kier molecular flexibility index (Phi) is 5.12. The van der Waals surface area contributed by atoms with E-state index in [2.05, 4.69) is 0 Å². The fraction of sp³-hybridized carbons (Fsp3) is 0.0909. The molecule has 0 atom stereocenters. The monoisotopic (exact) mass is 392 g/mol. The minimum atomic E-state index is -0.351. The molecule has 0 bridgehead atoms. The summed E-state index contributed by atoms with van der Waals surface area (Å²) in [5.74, 6) is 1.04. The summed E-state index contributed by atoms with van der Waals surface area (Å²) < 4.78 is 20.2. The van der Waals surface area contributed by atoms with E-state index in [4.69, 9.17) is 9.72 Å². The van der Waals surface area contributed by atoms with Crippen molar-refractivity contribution in [1.82, 2.24) is 9.55 Å². The molecule has 0 fully saturated rings. The number of methoxy groups -OCH3 is 1. The first-order valence-corrected chi connectivity index (χ1v) is 9.68. The highest BCUT2D eigenvalue weighted by molar-refractivity contribution is 7.98. The van der Waals surface area contributed by atoms with Crippen LogP contribution in [0.3, 0.4) is 0 Å². The Morgan fingerprint density at radius 1 is 1.04 bits per heavy atom. The van der Waals surface area contributed by atoms with Crippen molar-refractivity contribution < 1.29 is 9.13 Å². The molecule has 0 unspecified atom stereocenters. The van der Waals surface area contributed by atoms with E-state index in [9.17, 15) is 9.18 Å². The molecule has 4 aromatic rings. The maximum Gasteiger partial charge on any atom is 0.266 e. The molecule has 0 aliphatic heterocycles. The molecule has 0 aliphatic rings. The maximum atomic E-state index is 13.4. The van der Waals surface area contributed by atoms with Gasteiger partial charge in [-0.15, -0.1) is 0 Å². The number of nitrogens with zero attached hydrogens (tertiary/aromatic N) is 2. The number of ether oxygens (including phenoxy) is 1. The van der Waals surface area contributed by atoms with Gasteiger partial charge in [0.25, 0.3) is 5.56 Å². The van der Waals surface area contributed by atoms with Gasteiger partial charge in [-0.05, 0) is 54.1 Å². The highest BCUT2D eigenvalue weighted by Gasteiger charge is 2.13. The molecule has 0 saturated carbocycles. The van der Waals surface area contributed by atoms with Crippen molar-refractivity contribution in [3.05, 3.63) is 94.5 Å². The molecular formula is C22H17FN2O2S. The standard InChI is InChI=1S/C22H17FN2O2S/c1-27-18-6-4-5-15(13-18)14-28-22-24-20-8-3-2-7-19(20)21(26)25(22)17-11-9-16(23)10-12-17/h2-13H,14H2,1H3. The van der Waals surface area contributed by atoms with E-state index in [1.165, 1.54) is 28.5 Å². The quantitative estimate of drug-likeness (QED) is 0.361. The van der Waals surface area contributed by atoms with Crippen LogP contribution in [0.4, 0.5) is 4.39 Å². The van der Waals surface area contributed by atoms with Crippen molar-refractivity contribution >= 4 is 22.7 Å². The molecule has 140 valence electrons. The summed E-state index contributed by atoms with van der Waals surface area (Å²) in [6.45, 7) is 0. The number of para-hydroxylation sites is 1. The van der Waals surface area contributed by atoms with Gasteiger partial charge in [0.05, 0.1) is 23.7 Å². The summed E-state index contributed by atoms with van der Waals surface area (Å²) in [5.41, 5.74) is 2.10. The van der Waals surface area contributed by atoms with Gasteiger partial charge in [-0.25, -0.2) is 9.37 Å². The Labute approximate surface area is 165 Å². The van der Waals surface area contributed by atoms with Gasteiger partial charge >= 0.3 is 0 Å². The summed E-state index contributed by atoms with van der Waals surface area (Å²) in [4.78, 5) is 17.8. The van der Waals surface area contributed by atoms with E-state index in [1.54, 1.807) is 25.3 Å². The topological polar surface area (TPSA) is 44.1 Å². The zero-order valence-electron chi connectivity index (χ0n) is 15.1. The summed E-state index contributed by atoms with van der Waals surface area (Å²) in [5, 5.41) is 1.08. The molecule has 4 nitrogen and oxygen atoms in total. The minimum Gasteiger partial charge on any atom is -0.497 e.